The third-order valence-electron chi connectivity index (χ3n) is 5.56. The fourth-order valence-electron chi connectivity index (χ4n) is 4.02. The molecular formula is C25H26N2O3. The van der Waals surface area contributed by atoms with Crippen LogP contribution in [-0.2, 0) is 22.4 Å². The number of nitrogens with one attached hydrogen (secondary N) is 1. The van der Waals surface area contributed by atoms with Crippen LogP contribution in [0.25, 0.3) is 10.9 Å². The van der Waals surface area contributed by atoms with Gasteiger partial charge in [0.2, 0.25) is 0 Å². The number of carbonyl (C=O) groups is 2. The van der Waals surface area contributed by atoms with Gasteiger partial charge in [0.25, 0.3) is 5.91 Å². The van der Waals surface area contributed by atoms with Crippen molar-refractivity contribution in [2.45, 2.75) is 52.1 Å². The summed E-state index contributed by atoms with van der Waals surface area (Å²) in [5, 5.41) is 3.61. The molecule has 1 N–H and O–H groups in total. The lowest BCUT2D eigenvalue weighted by Gasteiger charge is -2.18. The Morgan fingerprint density at radius 1 is 1.03 bits per heavy atom. The molecule has 0 fully saturated rings. The second-order valence-electron chi connectivity index (χ2n) is 7.90. The first-order valence-electron chi connectivity index (χ1n) is 10.5. The van der Waals surface area contributed by atoms with E-state index in [1.165, 1.54) is 0 Å². The molecule has 1 aliphatic rings. The molecule has 1 amide bonds. The van der Waals surface area contributed by atoms with Crippen LogP contribution in [0.4, 0.5) is 5.69 Å². The smallest absolute Gasteiger partial charge is 0.339 e. The summed E-state index contributed by atoms with van der Waals surface area (Å²) < 4.78 is 5.64. The fraction of sp³-hybridized carbons (Fsp3) is 0.320. The second kappa shape index (κ2) is 8.66. The number of carbonyl (C=O) groups excluding carboxylic acids is 2. The maximum Gasteiger partial charge on any atom is 0.339 e. The molecule has 5 nitrogen and oxygen atoms in total. The van der Waals surface area contributed by atoms with Crippen molar-refractivity contribution >= 4 is 28.5 Å². The molecule has 0 saturated carbocycles. The van der Waals surface area contributed by atoms with Crippen molar-refractivity contribution in [1.29, 1.82) is 0 Å². The first-order valence-corrected chi connectivity index (χ1v) is 10.5. The van der Waals surface area contributed by atoms with Crippen LogP contribution in [-0.4, -0.2) is 23.0 Å². The van der Waals surface area contributed by atoms with Crippen molar-refractivity contribution in [3.8, 4) is 0 Å². The molecule has 30 heavy (non-hydrogen) atoms. The second-order valence-corrected chi connectivity index (χ2v) is 7.90. The minimum Gasteiger partial charge on any atom is -0.449 e. The predicted octanol–water partition coefficient (Wildman–Crippen LogP) is 5.00. The maximum absolute atomic E-state index is 13.2. The Morgan fingerprint density at radius 3 is 2.67 bits per heavy atom. The Kier molecular flexibility index (Phi) is 5.79. The number of ether oxygens (including phenoxy) is 1. The van der Waals surface area contributed by atoms with Gasteiger partial charge in [0.15, 0.2) is 6.10 Å². The van der Waals surface area contributed by atoms with Gasteiger partial charge in [0, 0.05) is 16.8 Å². The molecule has 1 aliphatic carbocycles. The van der Waals surface area contributed by atoms with Gasteiger partial charge in [-0.1, -0.05) is 36.8 Å². The Labute approximate surface area is 176 Å². The number of aryl methyl sites for hydroxylation is 2. The van der Waals surface area contributed by atoms with E-state index < -0.39 is 12.1 Å². The van der Waals surface area contributed by atoms with Crippen molar-refractivity contribution in [2.75, 3.05) is 5.32 Å². The quantitative estimate of drug-likeness (QED) is 0.493. The summed E-state index contributed by atoms with van der Waals surface area (Å²) in [7, 11) is 0. The molecule has 0 bridgehead atoms. The van der Waals surface area contributed by atoms with E-state index in [2.05, 4.69) is 5.32 Å². The van der Waals surface area contributed by atoms with Gasteiger partial charge in [-0.15, -0.1) is 0 Å². The molecule has 1 heterocycles. The zero-order chi connectivity index (χ0) is 21.1. The highest BCUT2D eigenvalue weighted by atomic mass is 16.5. The number of nitrogens with zero attached hydrogens (tertiary/aromatic N) is 1. The summed E-state index contributed by atoms with van der Waals surface area (Å²) in [4.78, 5) is 30.6. The van der Waals surface area contributed by atoms with Gasteiger partial charge in [0.1, 0.15) is 0 Å². The van der Waals surface area contributed by atoms with Crippen molar-refractivity contribution in [1.82, 2.24) is 4.98 Å². The number of anilines is 1. The molecule has 0 aliphatic heterocycles. The van der Waals surface area contributed by atoms with Gasteiger partial charge in [-0.3, -0.25) is 9.78 Å². The average Bonchev–Trinajstić information content (AvgIpc) is 2.97. The van der Waals surface area contributed by atoms with Gasteiger partial charge < -0.3 is 10.1 Å². The number of esters is 1. The maximum atomic E-state index is 13.2. The lowest BCUT2D eigenvalue weighted by atomic mass is 9.97. The van der Waals surface area contributed by atoms with E-state index >= 15 is 0 Å². The Bertz CT molecular complexity index is 1110. The van der Waals surface area contributed by atoms with Gasteiger partial charge in [-0.25, -0.2) is 4.79 Å². The first kappa shape index (κ1) is 20.1. The standard InChI is InChI=1S/C25H26N2O3/c1-16-9-8-10-18(15-16)26-24(28)17(2)30-25(29)23-19-11-4-3-5-13-21(19)27-22-14-7-6-12-20(22)23/h6-10,12,14-15,17H,3-5,11,13H2,1-2H3,(H,26,28)/t17-/m1/s1. The van der Waals surface area contributed by atoms with E-state index in [1.54, 1.807) is 6.92 Å². The Morgan fingerprint density at radius 2 is 1.83 bits per heavy atom. The van der Waals surface area contributed by atoms with Gasteiger partial charge >= 0.3 is 5.97 Å². The molecule has 2 aromatic carbocycles. The predicted molar refractivity (Wildman–Crippen MR) is 118 cm³/mol. The number of hydrogen-bond donors (Lipinski definition) is 1. The van der Waals surface area contributed by atoms with Crippen molar-refractivity contribution in [3.63, 3.8) is 0 Å². The summed E-state index contributed by atoms with van der Waals surface area (Å²) in [6.45, 7) is 3.56. The summed E-state index contributed by atoms with van der Waals surface area (Å²) in [5.74, 6) is -0.808. The van der Waals surface area contributed by atoms with Gasteiger partial charge in [-0.05, 0) is 68.9 Å². The van der Waals surface area contributed by atoms with Crippen LogP contribution in [0.2, 0.25) is 0 Å². The number of para-hydroxylation sites is 1. The van der Waals surface area contributed by atoms with Crippen LogP contribution in [0.15, 0.2) is 48.5 Å². The fourth-order valence-corrected chi connectivity index (χ4v) is 4.02. The number of benzene rings is 2. The highest BCUT2D eigenvalue weighted by molar-refractivity contribution is 6.06. The number of rotatable bonds is 4. The van der Waals surface area contributed by atoms with E-state index in [0.29, 0.717) is 11.3 Å². The number of aromatic nitrogens is 1. The summed E-state index contributed by atoms with van der Waals surface area (Å²) >= 11 is 0. The lowest BCUT2D eigenvalue weighted by Crippen LogP contribution is -2.30. The van der Waals surface area contributed by atoms with E-state index in [0.717, 1.165) is 59.8 Å². The minimum absolute atomic E-state index is 0.349. The molecule has 1 aromatic heterocycles. The van der Waals surface area contributed by atoms with Gasteiger partial charge in [-0.2, -0.15) is 0 Å². The molecule has 4 rings (SSSR count). The first-order chi connectivity index (χ1) is 14.5. The third kappa shape index (κ3) is 4.20. The summed E-state index contributed by atoms with van der Waals surface area (Å²) in [6, 6.07) is 15.2. The number of amides is 1. The van der Waals surface area contributed by atoms with Crippen molar-refractivity contribution < 1.29 is 14.3 Å². The van der Waals surface area contributed by atoms with Crippen molar-refractivity contribution in [3.05, 3.63) is 70.9 Å². The van der Waals surface area contributed by atoms with Crippen LogP contribution < -0.4 is 5.32 Å². The van der Waals surface area contributed by atoms with E-state index in [9.17, 15) is 9.59 Å². The van der Waals surface area contributed by atoms with E-state index in [1.807, 2.05) is 55.5 Å². The zero-order valence-electron chi connectivity index (χ0n) is 17.4. The topological polar surface area (TPSA) is 68.3 Å². The zero-order valence-corrected chi connectivity index (χ0v) is 17.4. The molecule has 0 unspecified atom stereocenters. The highest BCUT2D eigenvalue weighted by Gasteiger charge is 2.26. The third-order valence-corrected chi connectivity index (χ3v) is 5.56. The van der Waals surface area contributed by atoms with Crippen LogP contribution in [0.5, 0.6) is 0 Å². The van der Waals surface area contributed by atoms with Gasteiger partial charge in [0.05, 0.1) is 11.1 Å². The van der Waals surface area contributed by atoms with Crippen LogP contribution in [0.1, 0.15) is 53.4 Å². The van der Waals surface area contributed by atoms with Crippen LogP contribution in [0.3, 0.4) is 0 Å². The SMILES string of the molecule is Cc1cccc(NC(=O)[C@@H](C)OC(=O)c2c3c(nc4ccccc24)CCCCC3)c1. The Hall–Kier alpha value is -3.21. The van der Waals surface area contributed by atoms with Crippen LogP contribution in [0, 0.1) is 6.92 Å². The number of hydrogen-bond acceptors (Lipinski definition) is 4. The van der Waals surface area contributed by atoms with Crippen LogP contribution >= 0.6 is 0 Å². The molecular weight excluding hydrogens is 376 g/mol. The molecule has 0 saturated heterocycles. The van der Waals surface area contributed by atoms with E-state index in [4.69, 9.17) is 9.72 Å². The molecule has 154 valence electrons. The molecule has 5 heteroatoms. The Balaban J connectivity index is 1.61. The largest absolute Gasteiger partial charge is 0.449 e. The molecule has 1 atom stereocenters. The number of fused-ring (bicyclic) bond motifs is 2. The minimum atomic E-state index is -0.911. The van der Waals surface area contributed by atoms with E-state index in [-0.39, 0.29) is 5.91 Å². The number of pyridine rings is 1. The average molecular weight is 402 g/mol. The van der Waals surface area contributed by atoms with Crippen molar-refractivity contribution in [2.24, 2.45) is 0 Å². The summed E-state index contributed by atoms with van der Waals surface area (Å²) in [5.41, 5.74) is 5.04. The molecule has 0 radical (unpaired) electrons. The molecule has 3 aromatic rings. The highest BCUT2D eigenvalue weighted by Crippen LogP contribution is 2.29. The monoisotopic (exact) mass is 402 g/mol. The lowest BCUT2D eigenvalue weighted by molar-refractivity contribution is -0.123. The normalized spacial score (nSPS) is 14.5. The molecule has 0 spiro atoms. The summed E-state index contributed by atoms with van der Waals surface area (Å²) in [6.07, 6.45) is 3.98.